The highest BCUT2D eigenvalue weighted by Crippen LogP contribution is 2.41. The van der Waals surface area contributed by atoms with Gasteiger partial charge in [0.05, 0.1) is 11.3 Å². The molecule has 1 aromatic carbocycles. The van der Waals surface area contributed by atoms with Crippen LogP contribution < -0.4 is 11.1 Å². The van der Waals surface area contributed by atoms with Gasteiger partial charge in [0.25, 0.3) is 0 Å². The molecule has 0 saturated heterocycles. The van der Waals surface area contributed by atoms with E-state index in [9.17, 15) is 4.79 Å². The molecule has 1 aliphatic carbocycles. The predicted molar refractivity (Wildman–Crippen MR) is 79.9 cm³/mol. The first-order valence-electron chi connectivity index (χ1n) is 7.04. The maximum Gasteiger partial charge on any atom is 0.228 e. The summed E-state index contributed by atoms with van der Waals surface area (Å²) in [5.41, 5.74) is 7.16. The highest BCUT2D eigenvalue weighted by atomic mass is 16.1. The third-order valence-electron chi connectivity index (χ3n) is 4.25. The van der Waals surface area contributed by atoms with E-state index < -0.39 is 0 Å². The third kappa shape index (κ3) is 2.93. The van der Waals surface area contributed by atoms with Crippen LogP contribution in [0.15, 0.2) is 18.2 Å². The second-order valence-electron chi connectivity index (χ2n) is 6.19. The van der Waals surface area contributed by atoms with Gasteiger partial charge < -0.3 is 11.1 Å². The van der Waals surface area contributed by atoms with Crippen molar-refractivity contribution in [3.8, 4) is 6.07 Å². The fourth-order valence-electron chi connectivity index (χ4n) is 2.96. The first-order chi connectivity index (χ1) is 9.44. The van der Waals surface area contributed by atoms with E-state index in [1.807, 2.05) is 0 Å². The number of rotatable bonds is 2. The molecule has 0 bridgehead atoms. The SMILES string of the molecule is CC1(C)CCCCC1C(=O)Nc1ccc(N)cc1C#N. The van der Waals surface area contributed by atoms with Crippen LogP contribution in [-0.4, -0.2) is 5.91 Å². The van der Waals surface area contributed by atoms with E-state index in [4.69, 9.17) is 11.0 Å². The van der Waals surface area contributed by atoms with Gasteiger partial charge in [0.15, 0.2) is 0 Å². The van der Waals surface area contributed by atoms with Crippen LogP contribution in [0.5, 0.6) is 0 Å². The number of anilines is 2. The van der Waals surface area contributed by atoms with Crippen molar-refractivity contribution >= 4 is 17.3 Å². The van der Waals surface area contributed by atoms with E-state index in [0.717, 1.165) is 19.3 Å². The predicted octanol–water partition coefficient (Wildman–Crippen LogP) is 3.30. The number of benzene rings is 1. The molecule has 1 unspecified atom stereocenters. The lowest BCUT2D eigenvalue weighted by Gasteiger charge is -2.37. The molecule has 1 aliphatic rings. The molecule has 0 spiro atoms. The number of amides is 1. The van der Waals surface area contributed by atoms with Crippen LogP contribution in [0.25, 0.3) is 0 Å². The molecule has 4 nitrogen and oxygen atoms in total. The summed E-state index contributed by atoms with van der Waals surface area (Å²) in [5.74, 6) is 0.0105. The molecule has 2 rings (SSSR count). The number of nitrogen functional groups attached to an aromatic ring is 1. The quantitative estimate of drug-likeness (QED) is 0.810. The second-order valence-corrected chi connectivity index (χ2v) is 6.19. The van der Waals surface area contributed by atoms with Crippen LogP contribution in [0.2, 0.25) is 0 Å². The van der Waals surface area contributed by atoms with Gasteiger partial charge in [-0.25, -0.2) is 0 Å². The molecular weight excluding hydrogens is 250 g/mol. The Morgan fingerprint density at radius 3 is 2.85 bits per heavy atom. The number of carbonyl (C=O) groups is 1. The highest BCUT2D eigenvalue weighted by Gasteiger charge is 2.37. The Hall–Kier alpha value is -2.02. The molecule has 0 aliphatic heterocycles. The molecule has 106 valence electrons. The number of hydrogen-bond acceptors (Lipinski definition) is 3. The van der Waals surface area contributed by atoms with Crippen LogP contribution in [0.3, 0.4) is 0 Å². The van der Waals surface area contributed by atoms with E-state index >= 15 is 0 Å². The van der Waals surface area contributed by atoms with Gasteiger partial charge in [-0.1, -0.05) is 26.7 Å². The molecule has 1 aromatic rings. The fourth-order valence-corrected chi connectivity index (χ4v) is 2.96. The zero-order chi connectivity index (χ0) is 14.8. The second kappa shape index (κ2) is 5.54. The van der Waals surface area contributed by atoms with E-state index in [1.54, 1.807) is 18.2 Å². The summed E-state index contributed by atoms with van der Waals surface area (Å²) in [6.45, 7) is 4.29. The lowest BCUT2D eigenvalue weighted by molar-refractivity contribution is -0.124. The summed E-state index contributed by atoms with van der Waals surface area (Å²) in [5, 5.41) is 12.0. The molecule has 0 radical (unpaired) electrons. The Labute approximate surface area is 120 Å². The standard InChI is InChI=1S/C16H21N3O/c1-16(2)8-4-3-5-13(16)15(20)19-14-7-6-12(18)9-11(14)10-17/h6-7,9,13H,3-5,8,18H2,1-2H3,(H,19,20). The molecule has 0 aromatic heterocycles. The number of hydrogen-bond donors (Lipinski definition) is 2. The minimum atomic E-state index is 0.000320. The largest absolute Gasteiger partial charge is 0.399 e. The lowest BCUT2D eigenvalue weighted by Crippen LogP contribution is -2.37. The Balaban J connectivity index is 2.18. The van der Waals surface area contributed by atoms with Crippen LogP contribution in [0, 0.1) is 22.7 Å². The third-order valence-corrected chi connectivity index (χ3v) is 4.25. The van der Waals surface area contributed by atoms with E-state index in [1.165, 1.54) is 6.42 Å². The number of nitrogens with two attached hydrogens (primary N) is 1. The van der Waals surface area contributed by atoms with Crippen LogP contribution >= 0.6 is 0 Å². The van der Waals surface area contributed by atoms with E-state index in [-0.39, 0.29) is 17.2 Å². The van der Waals surface area contributed by atoms with Gasteiger partial charge in [-0.05, 0) is 36.5 Å². The Bertz CT molecular complexity index is 557. The van der Waals surface area contributed by atoms with Gasteiger partial charge >= 0.3 is 0 Å². The van der Waals surface area contributed by atoms with Gasteiger partial charge in [0.1, 0.15) is 6.07 Å². The Kier molecular flexibility index (Phi) is 3.99. The number of carbonyl (C=O) groups excluding carboxylic acids is 1. The molecule has 1 fully saturated rings. The average Bonchev–Trinajstić information content (AvgIpc) is 2.40. The minimum Gasteiger partial charge on any atom is -0.399 e. The molecule has 4 heteroatoms. The zero-order valence-electron chi connectivity index (χ0n) is 12.1. The lowest BCUT2D eigenvalue weighted by atomic mass is 9.68. The molecule has 1 atom stereocenters. The van der Waals surface area contributed by atoms with Crippen molar-refractivity contribution in [3.05, 3.63) is 23.8 Å². The van der Waals surface area contributed by atoms with Gasteiger partial charge in [0.2, 0.25) is 5.91 Å². The summed E-state index contributed by atoms with van der Waals surface area (Å²) >= 11 is 0. The van der Waals surface area contributed by atoms with Crippen molar-refractivity contribution in [3.63, 3.8) is 0 Å². The average molecular weight is 271 g/mol. The molecule has 1 saturated carbocycles. The first-order valence-corrected chi connectivity index (χ1v) is 7.04. The van der Waals surface area contributed by atoms with Crippen molar-refractivity contribution in [2.24, 2.45) is 11.3 Å². The topological polar surface area (TPSA) is 78.9 Å². The molecular formula is C16H21N3O. The van der Waals surface area contributed by atoms with Crippen LogP contribution in [-0.2, 0) is 4.79 Å². The van der Waals surface area contributed by atoms with Gasteiger partial charge in [-0.2, -0.15) is 5.26 Å². The maximum atomic E-state index is 12.5. The van der Waals surface area contributed by atoms with Crippen molar-refractivity contribution in [2.45, 2.75) is 39.5 Å². The number of nitrogens with one attached hydrogen (secondary N) is 1. The monoisotopic (exact) mass is 271 g/mol. The van der Waals surface area contributed by atoms with Gasteiger partial charge in [0, 0.05) is 11.6 Å². The normalized spacial score (nSPS) is 20.9. The molecule has 20 heavy (non-hydrogen) atoms. The maximum absolute atomic E-state index is 12.5. The Morgan fingerprint density at radius 2 is 2.20 bits per heavy atom. The summed E-state index contributed by atoms with van der Waals surface area (Å²) in [6.07, 6.45) is 4.25. The van der Waals surface area contributed by atoms with Crippen LogP contribution in [0.4, 0.5) is 11.4 Å². The summed E-state index contributed by atoms with van der Waals surface area (Å²) in [7, 11) is 0. The van der Waals surface area contributed by atoms with Crippen LogP contribution in [0.1, 0.15) is 45.1 Å². The Morgan fingerprint density at radius 1 is 1.45 bits per heavy atom. The minimum absolute atomic E-state index is 0.000320. The summed E-state index contributed by atoms with van der Waals surface area (Å²) < 4.78 is 0. The van der Waals surface area contributed by atoms with Crippen molar-refractivity contribution < 1.29 is 4.79 Å². The summed E-state index contributed by atoms with van der Waals surface area (Å²) in [4.78, 5) is 12.5. The number of nitrogens with zero attached hydrogens (tertiary/aromatic N) is 1. The highest BCUT2D eigenvalue weighted by molar-refractivity contribution is 5.94. The van der Waals surface area contributed by atoms with E-state index in [2.05, 4.69) is 25.2 Å². The molecule has 0 heterocycles. The van der Waals surface area contributed by atoms with Crippen molar-refractivity contribution in [1.82, 2.24) is 0 Å². The van der Waals surface area contributed by atoms with Crippen molar-refractivity contribution in [1.29, 1.82) is 5.26 Å². The van der Waals surface area contributed by atoms with Crippen molar-refractivity contribution in [2.75, 3.05) is 11.1 Å². The van der Waals surface area contributed by atoms with Gasteiger partial charge in [-0.15, -0.1) is 0 Å². The fraction of sp³-hybridized carbons (Fsp3) is 0.500. The number of nitriles is 1. The molecule has 1 amide bonds. The first kappa shape index (κ1) is 14.4. The van der Waals surface area contributed by atoms with Gasteiger partial charge in [-0.3, -0.25) is 4.79 Å². The zero-order valence-corrected chi connectivity index (χ0v) is 12.1. The smallest absolute Gasteiger partial charge is 0.228 e. The molecule has 3 N–H and O–H groups in total. The summed E-state index contributed by atoms with van der Waals surface area (Å²) in [6, 6.07) is 7.05. The van der Waals surface area contributed by atoms with E-state index in [0.29, 0.717) is 16.9 Å².